The molecule has 1 heterocycles. The molecule has 0 saturated heterocycles. The standard InChI is InChI=1S/C16H17BrN2O.2C2H6/c1-2-16-18-10-11-19(16)15(9-12-20)8-5-13-3-6-14(17)7-4-13;2*1-2/h3-4,6-7,10-11,15,20H,2,9,12H2,1H3;2*1-2H3/t15-;;/m0../s1. The summed E-state index contributed by atoms with van der Waals surface area (Å²) >= 11 is 3.41. The molecule has 0 unspecified atom stereocenters. The van der Waals surface area contributed by atoms with Gasteiger partial charge in [0.05, 0.1) is 6.04 Å². The summed E-state index contributed by atoms with van der Waals surface area (Å²) in [7, 11) is 0. The summed E-state index contributed by atoms with van der Waals surface area (Å²) < 4.78 is 3.08. The van der Waals surface area contributed by atoms with Gasteiger partial charge in [-0.15, -0.1) is 0 Å². The molecule has 0 spiro atoms. The van der Waals surface area contributed by atoms with Crippen LogP contribution < -0.4 is 0 Å². The molecule has 4 heteroatoms. The lowest BCUT2D eigenvalue weighted by molar-refractivity contribution is 0.271. The first-order valence-corrected chi connectivity index (χ1v) is 9.43. The Balaban J connectivity index is 0.00000123. The second-order valence-corrected chi connectivity index (χ2v) is 5.32. The van der Waals surface area contributed by atoms with Crippen molar-refractivity contribution in [2.24, 2.45) is 0 Å². The number of benzene rings is 1. The van der Waals surface area contributed by atoms with Gasteiger partial charge in [0.2, 0.25) is 0 Å². The Labute approximate surface area is 155 Å². The van der Waals surface area contributed by atoms with Crippen molar-refractivity contribution in [1.82, 2.24) is 9.55 Å². The highest BCUT2D eigenvalue weighted by Crippen LogP contribution is 2.14. The smallest absolute Gasteiger partial charge is 0.109 e. The quantitative estimate of drug-likeness (QED) is 0.722. The van der Waals surface area contributed by atoms with E-state index in [0.717, 1.165) is 22.3 Å². The molecular formula is C20H29BrN2O. The van der Waals surface area contributed by atoms with E-state index < -0.39 is 0 Å². The van der Waals surface area contributed by atoms with Gasteiger partial charge in [-0.05, 0) is 24.3 Å². The highest BCUT2D eigenvalue weighted by atomic mass is 79.9. The van der Waals surface area contributed by atoms with Crippen LogP contribution >= 0.6 is 15.9 Å². The molecule has 0 amide bonds. The van der Waals surface area contributed by atoms with Crippen molar-refractivity contribution in [2.45, 2.75) is 53.5 Å². The Hall–Kier alpha value is -1.57. The number of hydrogen-bond donors (Lipinski definition) is 1. The molecule has 1 N–H and O–H groups in total. The maximum atomic E-state index is 9.22. The van der Waals surface area contributed by atoms with Crippen molar-refractivity contribution in [2.75, 3.05) is 6.61 Å². The Bertz CT molecular complexity index is 609. The van der Waals surface area contributed by atoms with Gasteiger partial charge >= 0.3 is 0 Å². The molecule has 24 heavy (non-hydrogen) atoms. The fourth-order valence-corrected chi connectivity index (χ4v) is 2.27. The lowest BCUT2D eigenvalue weighted by atomic mass is 10.1. The number of aryl methyl sites for hydroxylation is 1. The van der Waals surface area contributed by atoms with Crippen LogP contribution in [-0.2, 0) is 6.42 Å². The first-order chi connectivity index (χ1) is 11.7. The second kappa shape index (κ2) is 13.8. The average molecular weight is 393 g/mol. The maximum absolute atomic E-state index is 9.22. The third-order valence-corrected chi connectivity index (χ3v) is 3.56. The minimum Gasteiger partial charge on any atom is -0.396 e. The lowest BCUT2D eigenvalue weighted by Crippen LogP contribution is -2.11. The van der Waals surface area contributed by atoms with E-state index in [1.807, 2.05) is 62.7 Å². The maximum Gasteiger partial charge on any atom is 0.109 e. The molecule has 132 valence electrons. The van der Waals surface area contributed by atoms with Gasteiger partial charge in [-0.2, -0.15) is 0 Å². The zero-order valence-corrected chi connectivity index (χ0v) is 17.0. The number of aromatic nitrogens is 2. The highest BCUT2D eigenvalue weighted by molar-refractivity contribution is 9.10. The molecule has 1 aromatic heterocycles. The van der Waals surface area contributed by atoms with Gasteiger partial charge in [0, 0.05) is 41.9 Å². The number of aliphatic hydroxyl groups is 1. The van der Waals surface area contributed by atoms with Gasteiger partial charge in [-0.3, -0.25) is 0 Å². The molecule has 0 aliphatic heterocycles. The van der Waals surface area contributed by atoms with E-state index in [-0.39, 0.29) is 12.6 Å². The average Bonchev–Trinajstić information content (AvgIpc) is 3.12. The summed E-state index contributed by atoms with van der Waals surface area (Å²) in [4.78, 5) is 4.31. The minimum atomic E-state index is -0.0407. The van der Waals surface area contributed by atoms with E-state index in [9.17, 15) is 5.11 Å². The molecular weight excluding hydrogens is 364 g/mol. The highest BCUT2D eigenvalue weighted by Gasteiger charge is 2.10. The molecule has 0 saturated carbocycles. The molecule has 0 bridgehead atoms. The molecule has 0 aliphatic carbocycles. The summed E-state index contributed by atoms with van der Waals surface area (Å²) in [5, 5.41) is 9.22. The Kier molecular flexibility index (Phi) is 12.9. The molecule has 0 radical (unpaired) electrons. The Morgan fingerprint density at radius 1 is 1.17 bits per heavy atom. The van der Waals surface area contributed by atoms with Gasteiger partial charge in [-0.1, -0.05) is 62.4 Å². The summed E-state index contributed by atoms with van der Waals surface area (Å²) in [5.74, 6) is 7.39. The molecule has 3 nitrogen and oxygen atoms in total. The monoisotopic (exact) mass is 392 g/mol. The minimum absolute atomic E-state index is 0.0407. The van der Waals surface area contributed by atoms with Crippen molar-refractivity contribution in [3.63, 3.8) is 0 Å². The number of halogens is 1. The van der Waals surface area contributed by atoms with Crippen LogP contribution in [0.4, 0.5) is 0 Å². The topological polar surface area (TPSA) is 38.0 Å². The van der Waals surface area contributed by atoms with E-state index in [0.29, 0.717) is 6.42 Å². The summed E-state index contributed by atoms with van der Waals surface area (Å²) in [6.45, 7) is 10.2. The fraction of sp³-hybridized carbons (Fsp3) is 0.450. The van der Waals surface area contributed by atoms with Gasteiger partial charge in [0.25, 0.3) is 0 Å². The molecule has 1 atom stereocenters. The van der Waals surface area contributed by atoms with E-state index in [1.54, 1.807) is 6.20 Å². The lowest BCUT2D eigenvalue weighted by Gasteiger charge is -2.13. The first kappa shape index (κ1) is 22.4. The SMILES string of the molecule is CC.CC.CCc1nccn1[C@@H](C#Cc1ccc(Br)cc1)CCO. The summed E-state index contributed by atoms with van der Waals surface area (Å²) in [6.07, 6.45) is 5.17. The first-order valence-electron chi connectivity index (χ1n) is 8.64. The van der Waals surface area contributed by atoms with E-state index in [2.05, 4.69) is 39.7 Å². The zero-order valence-electron chi connectivity index (χ0n) is 15.4. The fourth-order valence-electron chi connectivity index (χ4n) is 2.00. The van der Waals surface area contributed by atoms with Gasteiger partial charge < -0.3 is 9.67 Å². The third kappa shape index (κ3) is 7.33. The van der Waals surface area contributed by atoms with Crippen LogP contribution in [0.15, 0.2) is 41.1 Å². The van der Waals surface area contributed by atoms with E-state index in [4.69, 9.17) is 0 Å². The predicted octanol–water partition coefficient (Wildman–Crippen LogP) is 5.24. The van der Waals surface area contributed by atoms with Gasteiger partial charge in [0.1, 0.15) is 5.82 Å². The van der Waals surface area contributed by atoms with Crippen molar-refractivity contribution < 1.29 is 5.11 Å². The van der Waals surface area contributed by atoms with Crippen molar-refractivity contribution in [3.05, 3.63) is 52.5 Å². The third-order valence-electron chi connectivity index (χ3n) is 3.03. The number of hydrogen-bond acceptors (Lipinski definition) is 2. The summed E-state index contributed by atoms with van der Waals surface area (Å²) in [6, 6.07) is 7.85. The predicted molar refractivity (Wildman–Crippen MR) is 106 cm³/mol. The molecule has 0 fully saturated rings. The van der Waals surface area contributed by atoms with Gasteiger partial charge in [0.15, 0.2) is 0 Å². The Morgan fingerprint density at radius 3 is 2.33 bits per heavy atom. The van der Waals surface area contributed by atoms with Crippen LogP contribution in [0.1, 0.15) is 58.5 Å². The van der Waals surface area contributed by atoms with Crippen LogP contribution in [0, 0.1) is 11.8 Å². The second-order valence-electron chi connectivity index (χ2n) is 4.41. The molecule has 1 aromatic carbocycles. The van der Waals surface area contributed by atoms with Crippen LogP contribution in [0.5, 0.6) is 0 Å². The largest absolute Gasteiger partial charge is 0.396 e. The van der Waals surface area contributed by atoms with Crippen LogP contribution in [0.3, 0.4) is 0 Å². The zero-order chi connectivity index (χ0) is 18.4. The van der Waals surface area contributed by atoms with Crippen molar-refractivity contribution in [3.8, 4) is 11.8 Å². The number of rotatable bonds is 4. The molecule has 2 rings (SSSR count). The number of aliphatic hydroxyl groups excluding tert-OH is 1. The van der Waals surface area contributed by atoms with Crippen molar-refractivity contribution in [1.29, 1.82) is 0 Å². The Morgan fingerprint density at radius 2 is 1.79 bits per heavy atom. The van der Waals surface area contributed by atoms with Crippen LogP contribution in [-0.4, -0.2) is 21.3 Å². The summed E-state index contributed by atoms with van der Waals surface area (Å²) in [5.41, 5.74) is 0.967. The van der Waals surface area contributed by atoms with Crippen molar-refractivity contribution >= 4 is 15.9 Å². The molecule has 2 aromatic rings. The van der Waals surface area contributed by atoms with E-state index in [1.165, 1.54) is 0 Å². The van der Waals surface area contributed by atoms with Crippen LogP contribution in [0.25, 0.3) is 0 Å². The van der Waals surface area contributed by atoms with E-state index >= 15 is 0 Å². The number of imidazole rings is 1. The van der Waals surface area contributed by atoms with Crippen LogP contribution in [0.2, 0.25) is 0 Å². The normalized spacial score (nSPS) is 10.3. The number of nitrogens with zero attached hydrogens (tertiary/aromatic N) is 2. The molecule has 0 aliphatic rings. The van der Waals surface area contributed by atoms with Gasteiger partial charge in [-0.25, -0.2) is 4.98 Å².